The van der Waals surface area contributed by atoms with Crippen LogP contribution in [0, 0.1) is 5.41 Å². The first-order chi connectivity index (χ1) is 9.79. The molecule has 0 radical (unpaired) electrons. The maximum Gasteiger partial charge on any atom is 0.305 e. The molecule has 2 heterocycles. The van der Waals surface area contributed by atoms with Gasteiger partial charge in [0.1, 0.15) is 0 Å². The molecule has 2 aromatic heterocycles. The van der Waals surface area contributed by atoms with E-state index in [0.29, 0.717) is 11.4 Å². The third kappa shape index (κ3) is 3.33. The second-order valence-corrected chi connectivity index (χ2v) is 5.87. The van der Waals surface area contributed by atoms with E-state index in [1.54, 1.807) is 6.07 Å². The summed E-state index contributed by atoms with van der Waals surface area (Å²) in [5.41, 5.74) is -0.0834. The third-order valence-corrected chi connectivity index (χ3v) is 3.19. The van der Waals surface area contributed by atoms with Crippen LogP contribution >= 0.6 is 0 Å². The van der Waals surface area contributed by atoms with Gasteiger partial charge in [-0.2, -0.15) is 0 Å². The van der Waals surface area contributed by atoms with Crippen molar-refractivity contribution in [1.82, 2.24) is 25.2 Å². The third-order valence-electron chi connectivity index (χ3n) is 3.19. The molecule has 0 fully saturated rings. The van der Waals surface area contributed by atoms with Gasteiger partial charge in [-0.05, 0) is 21.9 Å². The standard InChI is InChI=1S/C13H17N5O3/c1-13(2,3)9(7-11(20)21)18-12(15-16-17-18)8-4-5-14-10(19)6-8/h4-6,9H,7H2,1-3H3,(H,14,19)(H,20,21). The molecule has 8 heteroatoms. The molecule has 2 N–H and O–H groups in total. The highest BCUT2D eigenvalue weighted by Crippen LogP contribution is 2.34. The molecule has 112 valence electrons. The van der Waals surface area contributed by atoms with E-state index in [1.807, 2.05) is 20.8 Å². The Balaban J connectivity index is 2.51. The van der Waals surface area contributed by atoms with Gasteiger partial charge in [0.2, 0.25) is 5.56 Å². The molecule has 1 unspecified atom stereocenters. The number of carboxylic acid groups (broad SMARTS) is 1. The molecule has 0 spiro atoms. The number of aliphatic carboxylic acids is 1. The van der Waals surface area contributed by atoms with E-state index in [-0.39, 0.29) is 17.4 Å². The maximum atomic E-state index is 11.4. The first kappa shape index (κ1) is 14.9. The quantitative estimate of drug-likeness (QED) is 0.871. The number of nitrogens with one attached hydrogen (secondary N) is 1. The monoisotopic (exact) mass is 291 g/mol. The van der Waals surface area contributed by atoms with Crippen molar-refractivity contribution in [2.75, 3.05) is 0 Å². The summed E-state index contributed by atoms with van der Waals surface area (Å²) >= 11 is 0. The fraction of sp³-hybridized carbons (Fsp3) is 0.462. The van der Waals surface area contributed by atoms with E-state index in [0.717, 1.165) is 0 Å². The second-order valence-electron chi connectivity index (χ2n) is 5.87. The number of carbonyl (C=O) groups is 1. The Hall–Kier alpha value is -2.51. The number of pyridine rings is 1. The van der Waals surface area contributed by atoms with Gasteiger partial charge in [-0.25, -0.2) is 4.68 Å². The molecular formula is C13H17N5O3. The Morgan fingerprint density at radius 2 is 2.19 bits per heavy atom. The van der Waals surface area contributed by atoms with Crippen LogP contribution in [0.4, 0.5) is 0 Å². The van der Waals surface area contributed by atoms with Crippen molar-refractivity contribution in [3.05, 3.63) is 28.7 Å². The number of rotatable bonds is 4. The van der Waals surface area contributed by atoms with Crippen LogP contribution in [0.3, 0.4) is 0 Å². The summed E-state index contributed by atoms with van der Waals surface area (Å²) in [5.74, 6) is -0.551. The number of tetrazole rings is 1. The number of aromatic amines is 1. The number of H-pyrrole nitrogens is 1. The highest BCUT2D eigenvalue weighted by molar-refractivity contribution is 5.67. The van der Waals surface area contributed by atoms with Crippen LogP contribution in [0.5, 0.6) is 0 Å². The molecule has 1 atom stereocenters. The molecule has 0 saturated heterocycles. The molecule has 0 bridgehead atoms. The summed E-state index contributed by atoms with van der Waals surface area (Å²) in [4.78, 5) is 25.0. The number of hydrogen-bond acceptors (Lipinski definition) is 5. The van der Waals surface area contributed by atoms with Crippen molar-refractivity contribution >= 4 is 5.97 Å². The summed E-state index contributed by atoms with van der Waals surface area (Å²) in [5, 5.41) is 20.6. The number of hydrogen-bond donors (Lipinski definition) is 2. The number of nitrogens with zero attached hydrogens (tertiary/aromatic N) is 4. The van der Waals surface area contributed by atoms with Crippen LogP contribution in [0.1, 0.15) is 33.2 Å². The molecule has 0 aliphatic rings. The molecular weight excluding hydrogens is 274 g/mol. The minimum atomic E-state index is -0.928. The minimum absolute atomic E-state index is 0.106. The first-order valence-corrected chi connectivity index (χ1v) is 6.48. The van der Waals surface area contributed by atoms with Gasteiger partial charge in [0.15, 0.2) is 5.82 Å². The normalized spacial score (nSPS) is 13.1. The molecule has 2 aromatic rings. The van der Waals surface area contributed by atoms with Gasteiger partial charge in [0.05, 0.1) is 12.5 Å². The molecule has 0 aliphatic heterocycles. The summed E-state index contributed by atoms with van der Waals surface area (Å²) in [6.07, 6.45) is 1.39. The van der Waals surface area contributed by atoms with Crippen LogP contribution in [0.15, 0.2) is 23.1 Å². The van der Waals surface area contributed by atoms with Crippen molar-refractivity contribution < 1.29 is 9.90 Å². The highest BCUT2D eigenvalue weighted by atomic mass is 16.4. The lowest BCUT2D eigenvalue weighted by molar-refractivity contribution is -0.138. The first-order valence-electron chi connectivity index (χ1n) is 6.48. The van der Waals surface area contributed by atoms with E-state index >= 15 is 0 Å². The van der Waals surface area contributed by atoms with Crippen molar-refractivity contribution in [2.45, 2.75) is 33.2 Å². The summed E-state index contributed by atoms with van der Waals surface area (Å²) < 4.78 is 1.48. The van der Waals surface area contributed by atoms with Crippen molar-refractivity contribution in [2.24, 2.45) is 5.41 Å². The highest BCUT2D eigenvalue weighted by Gasteiger charge is 2.32. The number of carboxylic acids is 1. The van der Waals surface area contributed by atoms with Crippen LogP contribution in [0.25, 0.3) is 11.4 Å². The predicted molar refractivity (Wildman–Crippen MR) is 74.6 cm³/mol. The largest absolute Gasteiger partial charge is 0.481 e. The van der Waals surface area contributed by atoms with E-state index in [4.69, 9.17) is 5.11 Å². The summed E-state index contributed by atoms with van der Waals surface area (Å²) in [6.45, 7) is 5.76. The van der Waals surface area contributed by atoms with Crippen LogP contribution in [0.2, 0.25) is 0 Å². The zero-order valence-electron chi connectivity index (χ0n) is 12.1. The average molecular weight is 291 g/mol. The summed E-state index contributed by atoms with van der Waals surface area (Å²) in [6, 6.07) is 2.62. The van der Waals surface area contributed by atoms with Crippen LogP contribution < -0.4 is 5.56 Å². The molecule has 21 heavy (non-hydrogen) atoms. The summed E-state index contributed by atoms with van der Waals surface area (Å²) in [7, 11) is 0. The average Bonchev–Trinajstić information content (AvgIpc) is 2.83. The Morgan fingerprint density at radius 1 is 1.48 bits per heavy atom. The Labute approximate surface area is 120 Å². The molecule has 2 rings (SSSR count). The van der Waals surface area contributed by atoms with Crippen molar-refractivity contribution in [3.8, 4) is 11.4 Å². The second kappa shape index (κ2) is 5.47. The molecule has 0 saturated carbocycles. The Bertz CT molecular complexity index is 698. The SMILES string of the molecule is CC(C)(C)C(CC(=O)O)n1nnnc1-c1cc[nH]c(=O)c1. The molecule has 8 nitrogen and oxygen atoms in total. The number of aromatic nitrogens is 5. The lowest BCUT2D eigenvalue weighted by Crippen LogP contribution is -2.28. The predicted octanol–water partition coefficient (Wildman–Crippen LogP) is 1.09. The van der Waals surface area contributed by atoms with Gasteiger partial charge in [0, 0.05) is 17.8 Å². The topological polar surface area (TPSA) is 114 Å². The Kier molecular flexibility index (Phi) is 3.88. The Morgan fingerprint density at radius 3 is 2.76 bits per heavy atom. The van der Waals surface area contributed by atoms with Gasteiger partial charge in [-0.15, -0.1) is 5.10 Å². The fourth-order valence-corrected chi connectivity index (χ4v) is 2.10. The molecule has 0 aromatic carbocycles. The van der Waals surface area contributed by atoms with E-state index in [2.05, 4.69) is 20.5 Å². The van der Waals surface area contributed by atoms with Crippen LogP contribution in [-0.2, 0) is 4.79 Å². The van der Waals surface area contributed by atoms with E-state index in [1.165, 1.54) is 16.9 Å². The van der Waals surface area contributed by atoms with E-state index in [9.17, 15) is 9.59 Å². The molecule has 0 amide bonds. The van der Waals surface area contributed by atoms with Gasteiger partial charge in [-0.1, -0.05) is 20.8 Å². The van der Waals surface area contributed by atoms with Gasteiger partial charge in [-0.3, -0.25) is 9.59 Å². The zero-order valence-corrected chi connectivity index (χ0v) is 12.1. The van der Waals surface area contributed by atoms with Crippen molar-refractivity contribution in [1.29, 1.82) is 0 Å². The van der Waals surface area contributed by atoms with Crippen LogP contribution in [-0.4, -0.2) is 36.3 Å². The van der Waals surface area contributed by atoms with Gasteiger partial charge >= 0.3 is 5.97 Å². The van der Waals surface area contributed by atoms with Gasteiger partial charge < -0.3 is 10.1 Å². The smallest absolute Gasteiger partial charge is 0.305 e. The lowest BCUT2D eigenvalue weighted by Gasteiger charge is -2.29. The van der Waals surface area contributed by atoms with Crippen molar-refractivity contribution in [3.63, 3.8) is 0 Å². The van der Waals surface area contributed by atoms with Gasteiger partial charge in [0.25, 0.3) is 0 Å². The fourth-order valence-electron chi connectivity index (χ4n) is 2.10. The minimum Gasteiger partial charge on any atom is -0.481 e. The lowest BCUT2D eigenvalue weighted by atomic mass is 9.84. The maximum absolute atomic E-state index is 11.4. The molecule has 0 aliphatic carbocycles. The van der Waals surface area contributed by atoms with E-state index < -0.39 is 12.0 Å². The zero-order chi connectivity index (χ0) is 15.6.